The van der Waals surface area contributed by atoms with Crippen LogP contribution in [0.5, 0.6) is 0 Å². The summed E-state index contributed by atoms with van der Waals surface area (Å²) in [4.78, 5) is 15.8. The van der Waals surface area contributed by atoms with Gasteiger partial charge in [-0.1, -0.05) is 23.7 Å². The van der Waals surface area contributed by atoms with Crippen LogP contribution >= 0.6 is 11.6 Å². The number of carbonyl (C=O) groups is 1. The molecule has 0 spiro atoms. The molecule has 1 atom stereocenters. The number of carbonyl (C=O) groups excluding carboxylic acids is 1. The van der Waals surface area contributed by atoms with Crippen molar-refractivity contribution in [3.05, 3.63) is 58.5 Å². The smallest absolute Gasteiger partial charge is 0.341 e. The average molecular weight is 309 g/mol. The molecule has 1 unspecified atom stereocenters. The van der Waals surface area contributed by atoms with Crippen molar-refractivity contribution in [2.75, 3.05) is 12.4 Å². The summed E-state index contributed by atoms with van der Waals surface area (Å²) in [6.45, 7) is 1.87. The van der Waals surface area contributed by atoms with Crippen LogP contribution in [-0.4, -0.2) is 18.1 Å². The van der Waals surface area contributed by atoms with Gasteiger partial charge in [-0.2, -0.15) is 0 Å². The molecule has 0 aliphatic rings. The highest BCUT2D eigenvalue weighted by atomic mass is 35.5. The van der Waals surface area contributed by atoms with Crippen LogP contribution in [0.25, 0.3) is 0 Å². The van der Waals surface area contributed by atoms with Crippen LogP contribution in [0.15, 0.2) is 36.4 Å². The van der Waals surface area contributed by atoms with Crippen molar-refractivity contribution in [3.8, 4) is 0 Å². The maximum Gasteiger partial charge on any atom is 0.341 e. The van der Waals surface area contributed by atoms with Crippen molar-refractivity contribution in [1.82, 2.24) is 4.98 Å². The van der Waals surface area contributed by atoms with E-state index >= 15 is 0 Å². The zero-order valence-corrected chi connectivity index (χ0v) is 12.3. The molecule has 1 aromatic carbocycles. The molecule has 1 N–H and O–H groups in total. The number of aromatic nitrogens is 1. The fraction of sp³-hybridized carbons (Fsp3) is 0.200. The Morgan fingerprint density at radius 3 is 2.57 bits per heavy atom. The number of nitrogens with zero attached hydrogens (tertiary/aromatic N) is 1. The van der Waals surface area contributed by atoms with Crippen LogP contribution in [0.2, 0.25) is 5.15 Å². The van der Waals surface area contributed by atoms with Crippen molar-refractivity contribution in [2.45, 2.75) is 13.0 Å². The van der Waals surface area contributed by atoms with E-state index in [0.717, 1.165) is 5.56 Å². The maximum atomic E-state index is 12.9. The standard InChI is InChI=1S/C15H14ClFN2O2/c1-9(10-3-5-11(17)6-4-10)18-14-12(15(20)21-2)7-8-13(16)19-14/h3-9H,1-2H3,(H,18,19). The van der Waals surface area contributed by atoms with Crippen molar-refractivity contribution >= 4 is 23.4 Å². The summed E-state index contributed by atoms with van der Waals surface area (Å²) in [6.07, 6.45) is 0. The molecule has 0 aliphatic carbocycles. The van der Waals surface area contributed by atoms with Gasteiger partial charge in [0.15, 0.2) is 0 Å². The first-order valence-electron chi connectivity index (χ1n) is 6.28. The molecule has 21 heavy (non-hydrogen) atoms. The number of benzene rings is 1. The number of hydrogen-bond acceptors (Lipinski definition) is 4. The van der Waals surface area contributed by atoms with E-state index in [4.69, 9.17) is 16.3 Å². The molecule has 0 aliphatic heterocycles. The zero-order valence-electron chi connectivity index (χ0n) is 11.6. The Bertz CT molecular complexity index is 647. The third kappa shape index (κ3) is 3.70. The first kappa shape index (κ1) is 15.3. The van der Waals surface area contributed by atoms with Crippen LogP contribution in [0.1, 0.15) is 28.9 Å². The first-order valence-corrected chi connectivity index (χ1v) is 6.66. The summed E-state index contributed by atoms with van der Waals surface area (Å²) in [7, 11) is 1.30. The lowest BCUT2D eigenvalue weighted by Gasteiger charge is -2.17. The Hall–Kier alpha value is -2.14. The Balaban J connectivity index is 2.27. The van der Waals surface area contributed by atoms with Gasteiger partial charge in [0, 0.05) is 6.04 Å². The molecule has 0 fully saturated rings. The largest absolute Gasteiger partial charge is 0.465 e. The number of methoxy groups -OCH3 is 1. The number of esters is 1. The van der Waals surface area contributed by atoms with Crippen molar-refractivity contribution in [1.29, 1.82) is 0 Å². The van der Waals surface area contributed by atoms with Crippen LogP contribution in [0.4, 0.5) is 10.2 Å². The van der Waals surface area contributed by atoms with Crippen molar-refractivity contribution in [2.24, 2.45) is 0 Å². The molecular weight excluding hydrogens is 295 g/mol. The third-order valence-electron chi connectivity index (χ3n) is 2.99. The Morgan fingerprint density at radius 2 is 1.95 bits per heavy atom. The van der Waals surface area contributed by atoms with Gasteiger partial charge in [-0.25, -0.2) is 14.2 Å². The minimum atomic E-state index is -0.507. The van der Waals surface area contributed by atoms with E-state index in [0.29, 0.717) is 5.82 Å². The van der Waals surface area contributed by atoms with Gasteiger partial charge in [-0.3, -0.25) is 0 Å². The summed E-state index contributed by atoms with van der Waals surface area (Å²) in [6, 6.07) is 8.95. The average Bonchev–Trinajstić information content (AvgIpc) is 2.47. The summed E-state index contributed by atoms with van der Waals surface area (Å²) in [5.74, 6) is -0.485. The SMILES string of the molecule is COC(=O)c1ccc(Cl)nc1NC(C)c1ccc(F)cc1. The van der Waals surface area contributed by atoms with Gasteiger partial charge in [-0.05, 0) is 36.8 Å². The number of nitrogens with one attached hydrogen (secondary N) is 1. The highest BCUT2D eigenvalue weighted by Crippen LogP contribution is 2.23. The highest BCUT2D eigenvalue weighted by molar-refractivity contribution is 6.29. The second kappa shape index (κ2) is 6.54. The number of pyridine rings is 1. The van der Waals surface area contributed by atoms with Gasteiger partial charge in [0.1, 0.15) is 22.4 Å². The van der Waals surface area contributed by atoms with Crippen LogP contribution in [0.3, 0.4) is 0 Å². The van der Waals surface area contributed by atoms with Gasteiger partial charge in [-0.15, -0.1) is 0 Å². The molecule has 0 saturated heterocycles. The van der Waals surface area contributed by atoms with Crippen molar-refractivity contribution in [3.63, 3.8) is 0 Å². The fourth-order valence-electron chi connectivity index (χ4n) is 1.86. The number of anilines is 1. The van der Waals surface area contributed by atoms with E-state index in [1.54, 1.807) is 18.2 Å². The van der Waals surface area contributed by atoms with Crippen LogP contribution < -0.4 is 5.32 Å². The van der Waals surface area contributed by atoms with Gasteiger partial charge in [0.25, 0.3) is 0 Å². The molecule has 6 heteroatoms. The first-order chi connectivity index (χ1) is 10.0. The Labute approximate surface area is 126 Å². The van der Waals surface area contributed by atoms with E-state index in [1.165, 1.54) is 25.3 Å². The van der Waals surface area contributed by atoms with E-state index in [9.17, 15) is 9.18 Å². The van der Waals surface area contributed by atoms with Gasteiger partial charge < -0.3 is 10.1 Å². The number of hydrogen-bond donors (Lipinski definition) is 1. The zero-order chi connectivity index (χ0) is 15.4. The quantitative estimate of drug-likeness (QED) is 0.689. The van der Waals surface area contributed by atoms with E-state index in [2.05, 4.69) is 10.3 Å². The second-order valence-corrected chi connectivity index (χ2v) is 4.83. The maximum absolute atomic E-state index is 12.9. The molecule has 0 bridgehead atoms. The van der Waals surface area contributed by atoms with E-state index in [-0.39, 0.29) is 22.6 Å². The summed E-state index contributed by atoms with van der Waals surface area (Å²) < 4.78 is 17.6. The molecule has 0 amide bonds. The minimum absolute atomic E-state index is 0.181. The molecular formula is C15H14ClFN2O2. The molecule has 4 nitrogen and oxygen atoms in total. The molecule has 0 saturated carbocycles. The van der Waals surface area contributed by atoms with E-state index < -0.39 is 5.97 Å². The van der Waals surface area contributed by atoms with Crippen LogP contribution in [0, 0.1) is 5.82 Å². The predicted molar refractivity (Wildman–Crippen MR) is 79.0 cm³/mol. The Morgan fingerprint density at radius 1 is 1.29 bits per heavy atom. The third-order valence-corrected chi connectivity index (χ3v) is 3.20. The predicted octanol–water partition coefficient (Wildman–Crippen LogP) is 3.83. The topological polar surface area (TPSA) is 51.2 Å². The highest BCUT2D eigenvalue weighted by Gasteiger charge is 2.16. The lowest BCUT2D eigenvalue weighted by atomic mass is 10.1. The molecule has 110 valence electrons. The van der Waals surface area contributed by atoms with E-state index in [1.807, 2.05) is 6.92 Å². The lowest BCUT2D eigenvalue weighted by molar-refractivity contribution is 0.0601. The van der Waals surface area contributed by atoms with Crippen molar-refractivity contribution < 1.29 is 13.9 Å². The van der Waals surface area contributed by atoms with Gasteiger partial charge in [0.05, 0.1) is 7.11 Å². The molecule has 1 heterocycles. The molecule has 2 rings (SSSR count). The summed E-state index contributed by atoms with van der Waals surface area (Å²) in [5.41, 5.74) is 1.14. The molecule has 0 radical (unpaired) electrons. The number of rotatable bonds is 4. The number of halogens is 2. The fourth-order valence-corrected chi connectivity index (χ4v) is 2.01. The van der Waals surface area contributed by atoms with Gasteiger partial charge in [0.2, 0.25) is 0 Å². The van der Waals surface area contributed by atoms with Crippen LogP contribution in [-0.2, 0) is 4.74 Å². The Kier molecular flexibility index (Phi) is 4.75. The normalized spacial score (nSPS) is 11.8. The number of ether oxygens (including phenoxy) is 1. The molecule has 2 aromatic rings. The monoisotopic (exact) mass is 308 g/mol. The lowest BCUT2D eigenvalue weighted by Crippen LogP contribution is -2.13. The van der Waals surface area contributed by atoms with Gasteiger partial charge >= 0.3 is 5.97 Å². The summed E-state index contributed by atoms with van der Waals surface area (Å²) in [5, 5.41) is 3.34. The molecule has 1 aromatic heterocycles. The summed E-state index contributed by atoms with van der Waals surface area (Å²) >= 11 is 5.86. The minimum Gasteiger partial charge on any atom is -0.465 e. The second-order valence-electron chi connectivity index (χ2n) is 4.44.